The van der Waals surface area contributed by atoms with Crippen molar-refractivity contribution in [2.24, 2.45) is 18.7 Å². The Hall–Kier alpha value is -1.36. The molecule has 5 heteroatoms. The second-order valence-corrected chi connectivity index (χ2v) is 5.08. The zero-order chi connectivity index (χ0) is 12.6. The number of hydrogen-bond donors (Lipinski definition) is 1. The van der Waals surface area contributed by atoms with Gasteiger partial charge in [0, 0.05) is 31.9 Å². The zero-order valence-electron chi connectivity index (χ0n) is 10.7. The van der Waals surface area contributed by atoms with E-state index < -0.39 is 0 Å². The number of carbonyl (C=O) groups is 1. The molecule has 94 valence electrons. The first-order chi connectivity index (χ1) is 7.99. The summed E-state index contributed by atoms with van der Waals surface area (Å²) in [7, 11) is 1.84. The van der Waals surface area contributed by atoms with Crippen molar-refractivity contribution in [1.29, 1.82) is 0 Å². The first kappa shape index (κ1) is 12.1. The van der Waals surface area contributed by atoms with Crippen molar-refractivity contribution in [3.05, 3.63) is 17.5 Å². The maximum atomic E-state index is 12.3. The number of rotatable bonds is 1. The molecule has 0 saturated carbocycles. The maximum Gasteiger partial charge on any atom is 0.257 e. The van der Waals surface area contributed by atoms with Gasteiger partial charge in [-0.25, -0.2) is 0 Å². The van der Waals surface area contributed by atoms with Gasteiger partial charge in [0.1, 0.15) is 0 Å². The van der Waals surface area contributed by atoms with E-state index in [-0.39, 0.29) is 11.9 Å². The predicted molar refractivity (Wildman–Crippen MR) is 65.6 cm³/mol. The summed E-state index contributed by atoms with van der Waals surface area (Å²) in [5.74, 6) is 0.525. The first-order valence-electron chi connectivity index (χ1n) is 6.02. The second-order valence-electron chi connectivity index (χ2n) is 5.08. The number of piperidine rings is 1. The van der Waals surface area contributed by atoms with Crippen LogP contribution in [0, 0.1) is 12.8 Å². The molecular formula is C12H20N4O. The molecule has 1 fully saturated rings. The number of aromatic nitrogens is 2. The molecule has 0 aromatic carbocycles. The van der Waals surface area contributed by atoms with Crippen molar-refractivity contribution in [3.63, 3.8) is 0 Å². The van der Waals surface area contributed by atoms with Gasteiger partial charge >= 0.3 is 0 Å². The molecule has 1 amide bonds. The number of likely N-dealkylation sites (tertiary alicyclic amines) is 1. The number of hydrogen-bond acceptors (Lipinski definition) is 3. The van der Waals surface area contributed by atoms with Crippen molar-refractivity contribution in [3.8, 4) is 0 Å². The number of amides is 1. The van der Waals surface area contributed by atoms with Gasteiger partial charge < -0.3 is 10.6 Å². The summed E-state index contributed by atoms with van der Waals surface area (Å²) in [4.78, 5) is 14.2. The van der Waals surface area contributed by atoms with Gasteiger partial charge in [0.05, 0.1) is 11.8 Å². The predicted octanol–water partition coefficient (Wildman–Crippen LogP) is 0.538. The molecule has 5 nitrogen and oxygen atoms in total. The van der Waals surface area contributed by atoms with Crippen LogP contribution in [-0.4, -0.2) is 39.7 Å². The fourth-order valence-corrected chi connectivity index (χ4v) is 2.44. The standard InChI is InChI=1S/C12H20N4O/c1-8-4-10(13)7-16(6-8)12(17)11-5-14-15(3)9(11)2/h5,8,10H,4,6-7,13H2,1-3H3. The average molecular weight is 236 g/mol. The fourth-order valence-electron chi connectivity index (χ4n) is 2.44. The molecule has 17 heavy (non-hydrogen) atoms. The quantitative estimate of drug-likeness (QED) is 0.774. The molecule has 1 saturated heterocycles. The minimum absolute atomic E-state index is 0.0533. The molecule has 1 aromatic heterocycles. The zero-order valence-corrected chi connectivity index (χ0v) is 10.7. The highest BCUT2D eigenvalue weighted by molar-refractivity contribution is 5.95. The van der Waals surface area contributed by atoms with Crippen LogP contribution in [0.5, 0.6) is 0 Å². The van der Waals surface area contributed by atoms with Gasteiger partial charge in [-0.1, -0.05) is 6.92 Å². The summed E-state index contributed by atoms with van der Waals surface area (Å²) in [5, 5.41) is 4.11. The van der Waals surface area contributed by atoms with Crippen molar-refractivity contribution >= 4 is 5.91 Å². The number of aryl methyl sites for hydroxylation is 1. The topological polar surface area (TPSA) is 64.2 Å². The molecule has 0 radical (unpaired) electrons. The Balaban J connectivity index is 2.17. The van der Waals surface area contributed by atoms with Gasteiger partial charge in [-0.05, 0) is 19.3 Å². The van der Waals surface area contributed by atoms with Gasteiger partial charge in [0.15, 0.2) is 0 Å². The molecule has 2 unspecified atom stereocenters. The Labute approximate surface area is 102 Å². The molecule has 2 heterocycles. The summed E-state index contributed by atoms with van der Waals surface area (Å²) in [5.41, 5.74) is 7.55. The summed E-state index contributed by atoms with van der Waals surface area (Å²) in [6, 6.07) is 0.0969. The van der Waals surface area contributed by atoms with Crippen LogP contribution in [0.15, 0.2) is 6.20 Å². The number of carbonyl (C=O) groups excluding carboxylic acids is 1. The Bertz CT molecular complexity index is 416. The lowest BCUT2D eigenvalue weighted by Gasteiger charge is -2.34. The second kappa shape index (κ2) is 4.49. The molecule has 0 bridgehead atoms. The third-order valence-corrected chi connectivity index (χ3v) is 3.44. The highest BCUT2D eigenvalue weighted by Gasteiger charge is 2.27. The van der Waals surface area contributed by atoms with E-state index in [1.165, 1.54) is 0 Å². The number of nitrogens with zero attached hydrogens (tertiary/aromatic N) is 3. The third kappa shape index (κ3) is 2.34. The Morgan fingerprint density at radius 2 is 2.24 bits per heavy atom. The van der Waals surface area contributed by atoms with Gasteiger partial charge in [-0.3, -0.25) is 9.48 Å². The minimum Gasteiger partial charge on any atom is -0.337 e. The number of nitrogens with two attached hydrogens (primary N) is 1. The van der Waals surface area contributed by atoms with Gasteiger partial charge in [-0.2, -0.15) is 5.10 Å². The van der Waals surface area contributed by atoms with Crippen LogP contribution in [0.25, 0.3) is 0 Å². The van der Waals surface area contributed by atoms with E-state index in [1.807, 2.05) is 18.9 Å². The molecule has 1 aliphatic heterocycles. The lowest BCUT2D eigenvalue weighted by atomic mass is 9.96. The van der Waals surface area contributed by atoms with Crippen LogP contribution >= 0.6 is 0 Å². The van der Waals surface area contributed by atoms with E-state index in [1.54, 1.807) is 10.9 Å². The lowest BCUT2D eigenvalue weighted by Crippen LogP contribution is -2.48. The minimum atomic E-state index is 0.0533. The van der Waals surface area contributed by atoms with Crippen LogP contribution < -0.4 is 5.73 Å². The van der Waals surface area contributed by atoms with Crippen LogP contribution in [0.3, 0.4) is 0 Å². The van der Waals surface area contributed by atoms with E-state index in [4.69, 9.17) is 5.73 Å². The van der Waals surface area contributed by atoms with Crippen molar-refractivity contribution in [2.45, 2.75) is 26.3 Å². The van der Waals surface area contributed by atoms with E-state index in [0.29, 0.717) is 18.0 Å². The van der Waals surface area contributed by atoms with Crippen LogP contribution in [-0.2, 0) is 7.05 Å². The van der Waals surface area contributed by atoms with Crippen LogP contribution in [0.4, 0.5) is 0 Å². The van der Waals surface area contributed by atoms with Crippen molar-refractivity contribution in [2.75, 3.05) is 13.1 Å². The Morgan fingerprint density at radius 3 is 2.76 bits per heavy atom. The third-order valence-electron chi connectivity index (χ3n) is 3.44. The fraction of sp³-hybridized carbons (Fsp3) is 0.667. The molecule has 2 rings (SSSR count). The van der Waals surface area contributed by atoms with E-state index >= 15 is 0 Å². The van der Waals surface area contributed by atoms with Crippen LogP contribution in [0.2, 0.25) is 0 Å². The Morgan fingerprint density at radius 1 is 1.53 bits per heavy atom. The van der Waals surface area contributed by atoms with E-state index in [9.17, 15) is 4.79 Å². The smallest absolute Gasteiger partial charge is 0.257 e. The van der Waals surface area contributed by atoms with E-state index in [2.05, 4.69) is 12.0 Å². The monoisotopic (exact) mass is 236 g/mol. The lowest BCUT2D eigenvalue weighted by molar-refractivity contribution is 0.0660. The van der Waals surface area contributed by atoms with Gasteiger partial charge in [0.2, 0.25) is 0 Å². The molecule has 1 aliphatic rings. The van der Waals surface area contributed by atoms with Crippen LogP contribution in [0.1, 0.15) is 29.4 Å². The van der Waals surface area contributed by atoms with Gasteiger partial charge in [-0.15, -0.1) is 0 Å². The summed E-state index contributed by atoms with van der Waals surface area (Å²) in [6.45, 7) is 5.49. The van der Waals surface area contributed by atoms with Crippen molar-refractivity contribution < 1.29 is 4.79 Å². The largest absolute Gasteiger partial charge is 0.337 e. The molecule has 0 spiro atoms. The SMILES string of the molecule is Cc1c(C(=O)N2CC(C)CC(N)C2)cnn1C. The molecule has 2 atom stereocenters. The maximum absolute atomic E-state index is 12.3. The molecule has 1 aromatic rings. The Kier molecular flexibility index (Phi) is 3.19. The molecular weight excluding hydrogens is 216 g/mol. The highest BCUT2D eigenvalue weighted by atomic mass is 16.2. The summed E-state index contributed by atoms with van der Waals surface area (Å²) >= 11 is 0. The highest BCUT2D eigenvalue weighted by Crippen LogP contribution is 2.18. The summed E-state index contributed by atoms with van der Waals surface area (Å²) < 4.78 is 1.72. The first-order valence-corrected chi connectivity index (χ1v) is 6.02. The summed E-state index contributed by atoms with van der Waals surface area (Å²) in [6.07, 6.45) is 2.64. The van der Waals surface area contributed by atoms with Gasteiger partial charge in [0.25, 0.3) is 5.91 Å². The molecule has 0 aliphatic carbocycles. The van der Waals surface area contributed by atoms with E-state index in [0.717, 1.165) is 18.7 Å². The normalized spacial score (nSPS) is 25.1. The molecule has 2 N–H and O–H groups in total. The average Bonchev–Trinajstić information content (AvgIpc) is 2.57. The van der Waals surface area contributed by atoms with Crippen molar-refractivity contribution in [1.82, 2.24) is 14.7 Å².